The molecule has 0 aromatic rings. The highest BCUT2D eigenvalue weighted by atomic mass is 16.5. The monoisotopic (exact) mass is 114 g/mol. The summed E-state index contributed by atoms with van der Waals surface area (Å²) in [5.74, 6) is 0.167. The fourth-order valence-corrected chi connectivity index (χ4v) is 0.697. The van der Waals surface area contributed by atoms with Crippen molar-refractivity contribution in [3.8, 4) is 0 Å². The van der Waals surface area contributed by atoms with Crippen LogP contribution >= 0.6 is 0 Å². The van der Waals surface area contributed by atoms with Gasteiger partial charge < -0.3 is 10.5 Å². The molecule has 1 fully saturated rings. The van der Waals surface area contributed by atoms with Crippen LogP contribution in [0.2, 0.25) is 0 Å². The van der Waals surface area contributed by atoms with Crippen molar-refractivity contribution in [1.82, 2.24) is 0 Å². The highest BCUT2D eigenvalue weighted by Gasteiger charge is 2.46. The maximum Gasteiger partial charge on any atom is 0.124 e. The third kappa shape index (κ3) is 0.591. The molecule has 0 amide bonds. The van der Waals surface area contributed by atoms with Crippen molar-refractivity contribution < 1.29 is 4.74 Å². The van der Waals surface area contributed by atoms with Gasteiger partial charge in [0, 0.05) is 7.11 Å². The van der Waals surface area contributed by atoms with Crippen LogP contribution in [0.5, 0.6) is 0 Å². The smallest absolute Gasteiger partial charge is 0.124 e. The lowest BCUT2D eigenvalue weighted by molar-refractivity contribution is 0.135. The standard InChI is InChI=1S/C5H10N2O/c1-8-5(2-3-5)4(6)7/h2-3H2,1H3,(H3,6,7). The highest BCUT2D eigenvalue weighted by Crippen LogP contribution is 2.38. The van der Waals surface area contributed by atoms with E-state index >= 15 is 0 Å². The molecule has 1 aliphatic rings. The number of hydrogen-bond donors (Lipinski definition) is 2. The van der Waals surface area contributed by atoms with Gasteiger partial charge in [0.1, 0.15) is 11.4 Å². The summed E-state index contributed by atoms with van der Waals surface area (Å²) in [4.78, 5) is 0. The third-order valence-corrected chi connectivity index (χ3v) is 1.59. The molecule has 0 aliphatic heterocycles. The number of nitrogens with one attached hydrogen (secondary N) is 1. The molecule has 0 atom stereocenters. The Morgan fingerprint density at radius 3 is 2.25 bits per heavy atom. The molecule has 1 aliphatic carbocycles. The van der Waals surface area contributed by atoms with Gasteiger partial charge in [0.15, 0.2) is 0 Å². The van der Waals surface area contributed by atoms with E-state index in [1.807, 2.05) is 0 Å². The zero-order valence-electron chi connectivity index (χ0n) is 4.90. The summed E-state index contributed by atoms with van der Waals surface area (Å²) in [6, 6.07) is 0. The molecule has 0 radical (unpaired) electrons. The van der Waals surface area contributed by atoms with Crippen LogP contribution in [0.1, 0.15) is 12.8 Å². The zero-order chi connectivity index (χ0) is 6.20. The van der Waals surface area contributed by atoms with Crippen molar-refractivity contribution in [2.75, 3.05) is 7.11 Å². The van der Waals surface area contributed by atoms with E-state index in [1.54, 1.807) is 7.11 Å². The second-order valence-corrected chi connectivity index (χ2v) is 2.11. The molecule has 0 heterocycles. The van der Waals surface area contributed by atoms with Crippen molar-refractivity contribution in [2.45, 2.75) is 18.4 Å². The Balaban J connectivity index is 2.53. The van der Waals surface area contributed by atoms with E-state index in [-0.39, 0.29) is 11.4 Å². The van der Waals surface area contributed by atoms with Crippen LogP contribution in [-0.2, 0) is 4.74 Å². The molecule has 0 aromatic heterocycles. The minimum absolute atomic E-state index is 0.167. The molecule has 3 heteroatoms. The first kappa shape index (κ1) is 5.56. The van der Waals surface area contributed by atoms with Crippen molar-refractivity contribution in [3.63, 3.8) is 0 Å². The average Bonchev–Trinajstić information content (AvgIpc) is 2.44. The number of ether oxygens (including phenoxy) is 1. The minimum atomic E-state index is -0.347. The van der Waals surface area contributed by atoms with E-state index in [1.165, 1.54) is 0 Å². The van der Waals surface area contributed by atoms with E-state index in [0.717, 1.165) is 12.8 Å². The van der Waals surface area contributed by atoms with Crippen molar-refractivity contribution >= 4 is 5.84 Å². The Bertz CT molecular complexity index is 118. The molecule has 0 spiro atoms. The van der Waals surface area contributed by atoms with Crippen LogP contribution in [-0.4, -0.2) is 18.5 Å². The van der Waals surface area contributed by atoms with Crippen LogP contribution in [0.4, 0.5) is 0 Å². The van der Waals surface area contributed by atoms with Crippen LogP contribution in [0.25, 0.3) is 0 Å². The fourth-order valence-electron chi connectivity index (χ4n) is 0.697. The second-order valence-electron chi connectivity index (χ2n) is 2.11. The van der Waals surface area contributed by atoms with E-state index in [9.17, 15) is 0 Å². The van der Waals surface area contributed by atoms with Crippen molar-refractivity contribution in [2.24, 2.45) is 5.73 Å². The molecular weight excluding hydrogens is 104 g/mol. The Morgan fingerprint density at radius 2 is 2.25 bits per heavy atom. The number of nitrogens with two attached hydrogens (primary N) is 1. The first-order chi connectivity index (χ1) is 3.71. The van der Waals surface area contributed by atoms with Gasteiger partial charge in [-0.3, -0.25) is 5.41 Å². The molecule has 1 rings (SSSR count). The highest BCUT2D eigenvalue weighted by molar-refractivity contribution is 5.88. The van der Waals surface area contributed by atoms with E-state index < -0.39 is 0 Å². The molecule has 0 bridgehead atoms. The van der Waals surface area contributed by atoms with Crippen LogP contribution < -0.4 is 5.73 Å². The van der Waals surface area contributed by atoms with Gasteiger partial charge >= 0.3 is 0 Å². The molecule has 46 valence electrons. The summed E-state index contributed by atoms with van der Waals surface area (Å²) < 4.78 is 4.96. The summed E-state index contributed by atoms with van der Waals surface area (Å²) in [7, 11) is 1.59. The van der Waals surface area contributed by atoms with Gasteiger partial charge in [-0.15, -0.1) is 0 Å². The lowest BCUT2D eigenvalue weighted by Gasteiger charge is -2.08. The molecule has 0 saturated heterocycles. The average molecular weight is 114 g/mol. The van der Waals surface area contributed by atoms with E-state index in [0.29, 0.717) is 0 Å². The third-order valence-electron chi connectivity index (χ3n) is 1.59. The molecule has 0 aromatic carbocycles. The second kappa shape index (κ2) is 1.45. The Hall–Kier alpha value is -0.570. The van der Waals surface area contributed by atoms with Gasteiger partial charge in [0.2, 0.25) is 0 Å². The molecule has 0 unspecified atom stereocenters. The van der Waals surface area contributed by atoms with Gasteiger partial charge in [0.05, 0.1) is 0 Å². The molecule has 8 heavy (non-hydrogen) atoms. The summed E-state index contributed by atoms with van der Waals surface area (Å²) in [5.41, 5.74) is 4.85. The first-order valence-electron chi connectivity index (χ1n) is 2.61. The predicted octanol–water partition coefficient (Wildman–Crippen LogP) is 0.101. The Kier molecular flexibility index (Phi) is 1.01. The summed E-state index contributed by atoms with van der Waals surface area (Å²) in [6.45, 7) is 0. The Morgan fingerprint density at radius 1 is 1.75 bits per heavy atom. The number of rotatable bonds is 2. The predicted molar refractivity (Wildman–Crippen MR) is 30.9 cm³/mol. The summed E-state index contributed by atoms with van der Waals surface area (Å²) in [6.07, 6.45) is 1.83. The van der Waals surface area contributed by atoms with Gasteiger partial charge in [-0.2, -0.15) is 0 Å². The zero-order valence-corrected chi connectivity index (χ0v) is 4.90. The largest absolute Gasteiger partial charge is 0.385 e. The topological polar surface area (TPSA) is 59.1 Å². The lowest BCUT2D eigenvalue weighted by Crippen LogP contribution is -2.31. The first-order valence-corrected chi connectivity index (χ1v) is 2.61. The van der Waals surface area contributed by atoms with Gasteiger partial charge in [0.25, 0.3) is 0 Å². The van der Waals surface area contributed by atoms with Gasteiger partial charge in [-0.05, 0) is 12.8 Å². The van der Waals surface area contributed by atoms with E-state index in [2.05, 4.69) is 0 Å². The van der Waals surface area contributed by atoms with Crippen LogP contribution in [0, 0.1) is 5.41 Å². The summed E-state index contributed by atoms with van der Waals surface area (Å²) >= 11 is 0. The van der Waals surface area contributed by atoms with Crippen molar-refractivity contribution in [1.29, 1.82) is 5.41 Å². The lowest BCUT2D eigenvalue weighted by atomic mass is 10.3. The number of amidine groups is 1. The number of methoxy groups -OCH3 is 1. The Labute approximate surface area is 48.3 Å². The van der Waals surface area contributed by atoms with Crippen LogP contribution in [0.3, 0.4) is 0 Å². The fraction of sp³-hybridized carbons (Fsp3) is 0.800. The maximum absolute atomic E-state index is 7.01. The number of hydrogen-bond acceptors (Lipinski definition) is 2. The molecule has 1 saturated carbocycles. The maximum atomic E-state index is 7.01. The van der Waals surface area contributed by atoms with E-state index in [4.69, 9.17) is 15.9 Å². The normalized spacial score (nSPS) is 22.6. The molecule has 3 N–H and O–H groups in total. The van der Waals surface area contributed by atoms with Gasteiger partial charge in [-0.25, -0.2) is 0 Å². The minimum Gasteiger partial charge on any atom is -0.385 e. The molecule has 3 nitrogen and oxygen atoms in total. The van der Waals surface area contributed by atoms with Gasteiger partial charge in [-0.1, -0.05) is 0 Å². The van der Waals surface area contributed by atoms with Crippen molar-refractivity contribution in [3.05, 3.63) is 0 Å². The summed E-state index contributed by atoms with van der Waals surface area (Å²) in [5, 5.41) is 7.01. The molecular formula is C5H10N2O. The van der Waals surface area contributed by atoms with Crippen LogP contribution in [0.15, 0.2) is 0 Å². The SMILES string of the molecule is COC1(C(=N)N)CC1. The quantitative estimate of drug-likeness (QED) is 0.395.